The zero-order valence-electron chi connectivity index (χ0n) is 20.9. The fourth-order valence-electron chi connectivity index (χ4n) is 3.88. The molecule has 0 fully saturated rings. The van der Waals surface area contributed by atoms with Crippen LogP contribution in [-0.4, -0.2) is 50.3 Å². The predicted molar refractivity (Wildman–Crippen MR) is 148 cm³/mol. The van der Waals surface area contributed by atoms with Crippen molar-refractivity contribution < 1.29 is 21.3 Å². The van der Waals surface area contributed by atoms with E-state index in [1.165, 1.54) is 12.6 Å². The van der Waals surface area contributed by atoms with E-state index >= 15 is 0 Å². The first-order valence-electron chi connectivity index (χ1n) is 11.9. The van der Waals surface area contributed by atoms with Crippen LogP contribution in [0.1, 0.15) is 5.56 Å². The number of nitrogens with one attached hydrogen (secondary N) is 2. The molecular weight excluding hydrogens is 538 g/mol. The minimum atomic E-state index is -3.62. The lowest BCUT2D eigenvalue weighted by molar-refractivity contribution is 0.572. The lowest BCUT2D eigenvalue weighted by Gasteiger charge is -2.10. The molecule has 0 aliphatic carbocycles. The highest BCUT2D eigenvalue weighted by atomic mass is 32.2. The quantitative estimate of drug-likeness (QED) is 0.239. The summed E-state index contributed by atoms with van der Waals surface area (Å²) in [7, 11) is -6.64. The summed E-state index contributed by atoms with van der Waals surface area (Å²) in [5, 5.41) is 7.02. The van der Waals surface area contributed by atoms with E-state index in [0.29, 0.717) is 47.0 Å². The summed E-state index contributed by atoms with van der Waals surface area (Å²) in [5.41, 5.74) is 2.70. The predicted octanol–water partition coefficient (Wildman–Crippen LogP) is 4.00. The van der Waals surface area contributed by atoms with Gasteiger partial charge in [0.15, 0.2) is 5.76 Å². The van der Waals surface area contributed by atoms with Gasteiger partial charge >= 0.3 is 0 Å². The van der Waals surface area contributed by atoms with E-state index in [4.69, 9.17) is 4.42 Å². The molecule has 0 unspecified atom stereocenters. The minimum absolute atomic E-state index is 0.0608. The van der Waals surface area contributed by atoms with E-state index in [1.807, 2.05) is 12.1 Å². The second kappa shape index (κ2) is 10.9. The van der Waals surface area contributed by atoms with Gasteiger partial charge in [-0.15, -0.1) is 0 Å². The third kappa shape index (κ3) is 6.30. The van der Waals surface area contributed by atoms with Crippen molar-refractivity contribution in [3.8, 4) is 11.5 Å². The molecule has 0 saturated carbocycles. The molecule has 0 aliphatic rings. The van der Waals surface area contributed by atoms with Crippen LogP contribution >= 0.6 is 0 Å². The lowest BCUT2D eigenvalue weighted by atomic mass is 10.2. The van der Waals surface area contributed by atoms with Crippen LogP contribution in [0.25, 0.3) is 22.4 Å². The van der Waals surface area contributed by atoms with Crippen LogP contribution < -0.4 is 10.6 Å². The number of nitrogens with zero attached hydrogens (tertiary/aromatic N) is 3. The Bertz CT molecular complexity index is 1820. The molecule has 0 spiro atoms. The van der Waals surface area contributed by atoms with Crippen molar-refractivity contribution in [2.24, 2.45) is 0 Å². The summed E-state index contributed by atoms with van der Waals surface area (Å²) in [6.45, 7) is 0.803. The maximum absolute atomic E-state index is 12.9. The largest absolute Gasteiger partial charge is 0.462 e. The number of hydrogen-bond donors (Lipinski definition) is 2. The molecule has 10 nitrogen and oxygen atoms in total. The molecule has 0 radical (unpaired) electrons. The summed E-state index contributed by atoms with van der Waals surface area (Å²) in [6, 6.07) is 18.4. The zero-order valence-corrected chi connectivity index (χ0v) is 22.5. The number of benzene rings is 2. The molecule has 0 bridgehead atoms. The highest BCUT2D eigenvalue weighted by Gasteiger charge is 2.17. The molecule has 5 aromatic rings. The summed E-state index contributed by atoms with van der Waals surface area (Å²) in [5.74, 6) is 1.13. The zero-order chi connectivity index (χ0) is 27.5. The molecule has 39 heavy (non-hydrogen) atoms. The average molecular weight is 564 g/mol. The number of anilines is 2. The van der Waals surface area contributed by atoms with Gasteiger partial charge in [0.2, 0.25) is 9.84 Å². The first kappa shape index (κ1) is 26.5. The average Bonchev–Trinajstić information content (AvgIpc) is 3.40. The van der Waals surface area contributed by atoms with Crippen molar-refractivity contribution in [2.75, 3.05) is 23.9 Å². The van der Waals surface area contributed by atoms with Gasteiger partial charge in [0.25, 0.3) is 0 Å². The standard InChI is InChI=1S/C27H25N5O5S2/c1-38(33,34)12-11-28-15-19-13-26(37-17-19)24-14-23-25(16-29-24)30-18-31-27(23)32-20-7-9-22(10-8-20)39(35,36)21-5-3-2-4-6-21/h2-10,13-14,16-18,28H,11-12,15H2,1H3,(H,30,31,32). The van der Waals surface area contributed by atoms with Crippen molar-refractivity contribution in [2.45, 2.75) is 16.3 Å². The molecule has 3 heterocycles. The van der Waals surface area contributed by atoms with Gasteiger partial charge in [-0.2, -0.15) is 0 Å². The van der Waals surface area contributed by atoms with Crippen molar-refractivity contribution in [3.05, 3.63) is 91.1 Å². The van der Waals surface area contributed by atoms with Gasteiger partial charge in [-0.3, -0.25) is 4.98 Å². The number of fused-ring (bicyclic) bond motifs is 1. The van der Waals surface area contributed by atoms with Gasteiger partial charge in [0.05, 0.1) is 33.5 Å². The van der Waals surface area contributed by atoms with Crippen molar-refractivity contribution in [1.82, 2.24) is 20.3 Å². The number of pyridine rings is 1. The number of sulfone groups is 2. The maximum Gasteiger partial charge on any atom is 0.206 e. The Hall–Kier alpha value is -4.13. The van der Waals surface area contributed by atoms with Gasteiger partial charge in [0, 0.05) is 36.0 Å². The monoisotopic (exact) mass is 563 g/mol. The molecule has 200 valence electrons. The molecule has 0 aliphatic heterocycles. The SMILES string of the molecule is CS(=O)(=O)CCNCc1coc(-c2cc3c(Nc4ccc(S(=O)(=O)c5ccccc5)cc4)ncnc3cn2)c1. The molecule has 3 aromatic heterocycles. The lowest BCUT2D eigenvalue weighted by Crippen LogP contribution is -2.21. The number of furan rings is 1. The summed E-state index contributed by atoms with van der Waals surface area (Å²) in [4.78, 5) is 13.5. The summed E-state index contributed by atoms with van der Waals surface area (Å²) >= 11 is 0. The van der Waals surface area contributed by atoms with Crippen LogP contribution in [0.5, 0.6) is 0 Å². The van der Waals surface area contributed by atoms with Crippen molar-refractivity contribution >= 4 is 42.1 Å². The van der Waals surface area contributed by atoms with Gasteiger partial charge < -0.3 is 15.1 Å². The Kier molecular flexibility index (Phi) is 7.42. The molecule has 0 saturated heterocycles. The Morgan fingerprint density at radius 1 is 0.872 bits per heavy atom. The maximum atomic E-state index is 12.9. The molecule has 12 heteroatoms. The molecule has 0 atom stereocenters. The third-order valence-corrected chi connectivity index (χ3v) is 8.62. The van der Waals surface area contributed by atoms with Crippen LogP contribution in [0.2, 0.25) is 0 Å². The van der Waals surface area contributed by atoms with Gasteiger partial charge in [-0.05, 0) is 48.5 Å². The fourth-order valence-corrected chi connectivity index (χ4v) is 5.67. The van der Waals surface area contributed by atoms with Crippen molar-refractivity contribution in [3.63, 3.8) is 0 Å². The Morgan fingerprint density at radius 2 is 1.62 bits per heavy atom. The van der Waals surface area contributed by atoms with Crippen LogP contribution in [0, 0.1) is 0 Å². The van der Waals surface area contributed by atoms with E-state index in [9.17, 15) is 16.8 Å². The van der Waals surface area contributed by atoms with Gasteiger partial charge in [-0.25, -0.2) is 26.8 Å². The topological polar surface area (TPSA) is 144 Å². The number of rotatable bonds is 10. The smallest absolute Gasteiger partial charge is 0.206 e. The van der Waals surface area contributed by atoms with E-state index in [1.54, 1.807) is 67.1 Å². The summed E-state index contributed by atoms with van der Waals surface area (Å²) in [6.07, 6.45) is 5.85. The molecule has 2 N–H and O–H groups in total. The van der Waals surface area contributed by atoms with E-state index < -0.39 is 19.7 Å². The second-order valence-corrected chi connectivity index (χ2v) is 13.1. The molecular formula is C27H25N5O5S2. The highest BCUT2D eigenvalue weighted by Crippen LogP contribution is 2.29. The molecule has 2 aromatic carbocycles. The van der Waals surface area contributed by atoms with Crippen LogP contribution in [0.4, 0.5) is 11.5 Å². The van der Waals surface area contributed by atoms with Gasteiger partial charge in [-0.1, -0.05) is 18.2 Å². The van der Waals surface area contributed by atoms with Crippen LogP contribution in [0.15, 0.2) is 99.7 Å². The Morgan fingerprint density at radius 3 is 2.36 bits per heavy atom. The number of hydrogen-bond acceptors (Lipinski definition) is 10. The molecule has 5 rings (SSSR count). The summed E-state index contributed by atoms with van der Waals surface area (Å²) < 4.78 is 54.0. The minimum Gasteiger partial charge on any atom is -0.462 e. The van der Waals surface area contributed by atoms with E-state index in [-0.39, 0.29) is 15.5 Å². The van der Waals surface area contributed by atoms with E-state index in [2.05, 4.69) is 25.6 Å². The normalized spacial score (nSPS) is 12.0. The van der Waals surface area contributed by atoms with Gasteiger partial charge in [0.1, 0.15) is 27.7 Å². The first-order valence-corrected chi connectivity index (χ1v) is 15.5. The van der Waals surface area contributed by atoms with Crippen molar-refractivity contribution in [1.29, 1.82) is 0 Å². The highest BCUT2D eigenvalue weighted by molar-refractivity contribution is 7.91. The Labute approximate surface area is 226 Å². The fraction of sp³-hybridized carbons (Fsp3) is 0.148. The third-order valence-electron chi connectivity index (χ3n) is 5.89. The Balaban J connectivity index is 1.34. The van der Waals surface area contributed by atoms with Crippen LogP contribution in [0.3, 0.4) is 0 Å². The van der Waals surface area contributed by atoms with E-state index in [0.717, 1.165) is 5.56 Å². The first-order chi connectivity index (χ1) is 18.7. The van der Waals surface area contributed by atoms with Crippen LogP contribution in [-0.2, 0) is 26.2 Å². The number of aromatic nitrogens is 3. The molecule has 0 amide bonds. The second-order valence-electron chi connectivity index (χ2n) is 8.90.